The second kappa shape index (κ2) is 11.2. The van der Waals surface area contributed by atoms with Crippen LogP contribution >= 0.6 is 0 Å². The molecule has 11 aromatic rings. The number of nitrogens with zero attached hydrogens (tertiary/aromatic N) is 4. The number of benzene rings is 7. The van der Waals surface area contributed by atoms with Gasteiger partial charge in [-0.2, -0.15) is 0 Å². The summed E-state index contributed by atoms with van der Waals surface area (Å²) in [7, 11) is 0. The van der Waals surface area contributed by atoms with E-state index in [0.717, 1.165) is 93.5 Å². The number of rotatable bonds is 4. The number of aromatic nitrogens is 4. The molecule has 0 aliphatic heterocycles. The van der Waals surface area contributed by atoms with Crippen molar-refractivity contribution in [2.45, 2.75) is 0 Å². The second-order valence-electron chi connectivity index (χ2n) is 13.0. The van der Waals surface area contributed by atoms with Crippen molar-refractivity contribution in [2.24, 2.45) is 0 Å². The van der Waals surface area contributed by atoms with Gasteiger partial charge in [0.15, 0.2) is 17.5 Å². The monoisotopic (exact) mass is 666 g/mol. The van der Waals surface area contributed by atoms with Crippen molar-refractivity contribution in [1.82, 2.24) is 19.9 Å². The van der Waals surface area contributed by atoms with E-state index in [9.17, 15) is 0 Å². The Labute approximate surface area is 296 Å². The van der Waals surface area contributed by atoms with Gasteiger partial charge in [0.25, 0.3) is 0 Å². The maximum Gasteiger partial charge on any atom is 0.167 e. The summed E-state index contributed by atoms with van der Waals surface area (Å²) in [5.74, 6) is 1.70. The maximum atomic E-state index is 6.73. The van der Waals surface area contributed by atoms with Crippen LogP contribution in [0.5, 0.6) is 0 Å². The Bertz CT molecular complexity index is 3180. The van der Waals surface area contributed by atoms with E-state index < -0.39 is 0 Å². The van der Waals surface area contributed by atoms with Crippen molar-refractivity contribution >= 4 is 65.6 Å². The molecule has 0 saturated heterocycles. The molecule has 7 aromatic carbocycles. The Kier molecular flexibility index (Phi) is 6.15. The van der Waals surface area contributed by atoms with Gasteiger partial charge >= 0.3 is 0 Å². The third-order valence-corrected chi connectivity index (χ3v) is 9.92. The van der Waals surface area contributed by atoms with Crippen molar-refractivity contribution in [1.29, 1.82) is 0 Å². The molecule has 0 aliphatic rings. The summed E-state index contributed by atoms with van der Waals surface area (Å²) in [6, 6.07) is 53.3. The zero-order chi connectivity index (χ0) is 34.2. The van der Waals surface area contributed by atoms with Crippen LogP contribution in [0.25, 0.3) is 111 Å². The molecule has 0 spiro atoms. The van der Waals surface area contributed by atoms with Gasteiger partial charge in [0.1, 0.15) is 22.3 Å². The highest BCUT2D eigenvalue weighted by molar-refractivity contribution is 6.25. The van der Waals surface area contributed by atoms with E-state index >= 15 is 0 Å². The van der Waals surface area contributed by atoms with Crippen LogP contribution in [0.4, 0.5) is 0 Å². The molecular formula is C46H26N4O2. The highest BCUT2D eigenvalue weighted by Crippen LogP contribution is 2.42. The largest absolute Gasteiger partial charge is 0.455 e. The first-order valence-corrected chi connectivity index (χ1v) is 17.2. The van der Waals surface area contributed by atoms with Crippen LogP contribution in [-0.2, 0) is 0 Å². The van der Waals surface area contributed by atoms with Crippen LogP contribution in [0.15, 0.2) is 167 Å². The highest BCUT2D eigenvalue weighted by Gasteiger charge is 2.20. The van der Waals surface area contributed by atoms with Gasteiger partial charge in [-0.15, -0.1) is 0 Å². The third-order valence-electron chi connectivity index (χ3n) is 9.92. The quantitative estimate of drug-likeness (QED) is 0.174. The summed E-state index contributed by atoms with van der Waals surface area (Å²) in [4.78, 5) is 20.3. The fourth-order valence-electron chi connectivity index (χ4n) is 7.49. The van der Waals surface area contributed by atoms with Gasteiger partial charge in [0, 0.05) is 54.4 Å². The molecule has 242 valence electrons. The van der Waals surface area contributed by atoms with Gasteiger partial charge < -0.3 is 8.83 Å². The number of furan rings is 2. The van der Waals surface area contributed by atoms with Crippen LogP contribution in [0.2, 0.25) is 0 Å². The first kappa shape index (κ1) is 28.6. The molecular weight excluding hydrogens is 641 g/mol. The molecule has 0 bridgehead atoms. The van der Waals surface area contributed by atoms with Crippen LogP contribution in [0.1, 0.15) is 0 Å². The molecule has 0 amide bonds. The van der Waals surface area contributed by atoms with Gasteiger partial charge in [-0.1, -0.05) is 115 Å². The summed E-state index contributed by atoms with van der Waals surface area (Å²) in [5.41, 5.74) is 8.69. The molecule has 0 atom stereocenters. The lowest BCUT2D eigenvalue weighted by Gasteiger charge is -2.10. The summed E-state index contributed by atoms with van der Waals surface area (Å²) in [5, 5.41) is 7.23. The van der Waals surface area contributed by atoms with Crippen LogP contribution in [-0.4, -0.2) is 19.9 Å². The molecule has 0 radical (unpaired) electrons. The van der Waals surface area contributed by atoms with Crippen molar-refractivity contribution in [2.75, 3.05) is 0 Å². The van der Waals surface area contributed by atoms with Gasteiger partial charge in [-0.3, -0.25) is 0 Å². The summed E-state index contributed by atoms with van der Waals surface area (Å²) in [6.07, 6.45) is 0. The first-order chi connectivity index (χ1) is 25.8. The van der Waals surface area contributed by atoms with Gasteiger partial charge in [0.05, 0.1) is 16.8 Å². The average molecular weight is 667 g/mol. The topological polar surface area (TPSA) is 77.8 Å². The molecule has 4 aromatic heterocycles. The predicted octanol–water partition coefficient (Wildman–Crippen LogP) is 12.0. The zero-order valence-electron chi connectivity index (χ0n) is 27.6. The van der Waals surface area contributed by atoms with Gasteiger partial charge in [-0.05, 0) is 42.5 Å². The van der Waals surface area contributed by atoms with Crippen molar-refractivity contribution < 1.29 is 8.83 Å². The van der Waals surface area contributed by atoms with Crippen molar-refractivity contribution in [3.05, 3.63) is 158 Å². The first-order valence-electron chi connectivity index (χ1n) is 17.2. The molecule has 6 nitrogen and oxygen atoms in total. The van der Waals surface area contributed by atoms with E-state index in [1.54, 1.807) is 0 Å². The predicted molar refractivity (Wildman–Crippen MR) is 209 cm³/mol. The Morgan fingerprint density at radius 3 is 1.81 bits per heavy atom. The lowest BCUT2D eigenvalue weighted by atomic mass is 9.97. The number of fused-ring (bicyclic) bond motifs is 10. The Balaban J connectivity index is 1.14. The molecule has 0 saturated carbocycles. The van der Waals surface area contributed by atoms with Crippen LogP contribution in [0, 0.1) is 0 Å². The number of hydrogen-bond acceptors (Lipinski definition) is 6. The minimum absolute atomic E-state index is 0.545. The molecule has 0 N–H and O–H groups in total. The molecule has 4 heterocycles. The van der Waals surface area contributed by atoms with E-state index in [-0.39, 0.29) is 0 Å². The fraction of sp³-hybridized carbons (Fsp3) is 0. The lowest BCUT2D eigenvalue weighted by molar-refractivity contribution is 0.669. The van der Waals surface area contributed by atoms with E-state index in [1.165, 1.54) is 0 Å². The van der Waals surface area contributed by atoms with Gasteiger partial charge in [-0.25, -0.2) is 19.9 Å². The minimum Gasteiger partial charge on any atom is -0.455 e. The Hall–Kier alpha value is -7.18. The maximum absolute atomic E-state index is 6.73. The SMILES string of the molecule is c1ccc(-c2nc(-c3ccc4oc5c(ccc6c(-c7ccccc7)nc7ccccc7c65)c4c3)nc(-c3cccc4c3oc3ccccc34)n2)cc1. The lowest BCUT2D eigenvalue weighted by Crippen LogP contribution is -2.00. The zero-order valence-corrected chi connectivity index (χ0v) is 27.6. The number of hydrogen-bond donors (Lipinski definition) is 0. The minimum atomic E-state index is 0.545. The number of pyridine rings is 1. The fourth-order valence-corrected chi connectivity index (χ4v) is 7.49. The molecule has 0 unspecified atom stereocenters. The van der Waals surface area contributed by atoms with Crippen LogP contribution in [0.3, 0.4) is 0 Å². The van der Waals surface area contributed by atoms with E-state index in [1.807, 2.05) is 97.1 Å². The Morgan fingerprint density at radius 1 is 0.346 bits per heavy atom. The van der Waals surface area contributed by atoms with E-state index in [0.29, 0.717) is 17.5 Å². The Morgan fingerprint density at radius 2 is 0.962 bits per heavy atom. The number of para-hydroxylation sites is 3. The summed E-state index contributed by atoms with van der Waals surface area (Å²) in [6.45, 7) is 0. The highest BCUT2D eigenvalue weighted by atomic mass is 16.3. The van der Waals surface area contributed by atoms with Gasteiger partial charge in [0.2, 0.25) is 0 Å². The molecule has 52 heavy (non-hydrogen) atoms. The molecule has 0 aliphatic carbocycles. The normalized spacial score (nSPS) is 11.8. The third kappa shape index (κ3) is 4.38. The van der Waals surface area contributed by atoms with Crippen LogP contribution < -0.4 is 0 Å². The smallest absolute Gasteiger partial charge is 0.167 e. The average Bonchev–Trinajstić information content (AvgIpc) is 3.79. The molecule has 0 fully saturated rings. The van der Waals surface area contributed by atoms with Crippen molar-refractivity contribution in [3.63, 3.8) is 0 Å². The van der Waals surface area contributed by atoms with Crippen molar-refractivity contribution in [3.8, 4) is 45.4 Å². The summed E-state index contributed by atoms with van der Waals surface area (Å²) >= 11 is 0. The standard InChI is InChI=1S/C46H26N4O2/c1-3-12-27(13-4-1)41-34-24-23-32-36-26-29(22-25-39(36)52-43(32)40(34)33-17-7-9-20-37(33)47-41)45-48-44(28-14-5-2-6-15-28)49-46(50-45)35-19-11-18-31-30-16-8-10-21-38(30)51-42(31)35/h1-26H. The second-order valence-corrected chi connectivity index (χ2v) is 13.0. The van der Waals surface area contributed by atoms with E-state index in [2.05, 4.69) is 60.7 Å². The molecule has 11 rings (SSSR count). The summed E-state index contributed by atoms with van der Waals surface area (Å²) < 4.78 is 13.1. The van der Waals surface area contributed by atoms with E-state index in [4.69, 9.17) is 28.8 Å². The molecule has 6 heteroatoms.